The Balaban J connectivity index is 1.94. The highest BCUT2D eigenvalue weighted by molar-refractivity contribution is 5.81. The second kappa shape index (κ2) is 7.83. The van der Waals surface area contributed by atoms with Crippen molar-refractivity contribution >= 4 is 5.91 Å². The number of hydrogen-bond donors (Lipinski definition) is 2. The van der Waals surface area contributed by atoms with Gasteiger partial charge in [-0.2, -0.15) is 13.2 Å². The van der Waals surface area contributed by atoms with E-state index in [1.807, 2.05) is 6.07 Å². The SMILES string of the molecule is NC(=O)C(NCc1ccc(OCC(F)(F)F)cc1)c1ccccc1. The van der Waals surface area contributed by atoms with E-state index < -0.39 is 24.7 Å². The normalized spacial score (nSPS) is 12.6. The molecule has 0 aromatic heterocycles. The van der Waals surface area contributed by atoms with Gasteiger partial charge >= 0.3 is 6.18 Å². The number of benzene rings is 2. The van der Waals surface area contributed by atoms with Gasteiger partial charge in [0.15, 0.2) is 6.61 Å². The second-order valence-electron chi connectivity index (χ2n) is 5.17. The highest BCUT2D eigenvalue weighted by atomic mass is 19.4. The fourth-order valence-electron chi connectivity index (χ4n) is 2.12. The van der Waals surface area contributed by atoms with Crippen LogP contribution in [0.15, 0.2) is 54.6 Å². The molecule has 0 bridgehead atoms. The molecular formula is C17H17F3N2O2. The van der Waals surface area contributed by atoms with Gasteiger partial charge in [-0.3, -0.25) is 10.1 Å². The third-order valence-corrected chi connectivity index (χ3v) is 3.25. The summed E-state index contributed by atoms with van der Waals surface area (Å²) in [6.07, 6.45) is -4.37. The molecule has 0 saturated carbocycles. The molecule has 0 radical (unpaired) electrons. The van der Waals surface area contributed by atoms with Crippen LogP contribution in [-0.4, -0.2) is 18.7 Å². The maximum absolute atomic E-state index is 12.1. The first kappa shape index (κ1) is 17.8. The summed E-state index contributed by atoms with van der Waals surface area (Å²) in [5, 5.41) is 3.03. The molecule has 4 nitrogen and oxygen atoms in total. The summed E-state index contributed by atoms with van der Waals surface area (Å²) < 4.78 is 40.9. The van der Waals surface area contributed by atoms with Crippen molar-refractivity contribution in [3.8, 4) is 5.75 Å². The first-order valence-electron chi connectivity index (χ1n) is 7.21. The van der Waals surface area contributed by atoms with Crippen molar-refractivity contribution < 1.29 is 22.7 Å². The average molecular weight is 338 g/mol. The molecule has 2 rings (SSSR count). The van der Waals surface area contributed by atoms with Crippen molar-refractivity contribution in [2.75, 3.05) is 6.61 Å². The van der Waals surface area contributed by atoms with Crippen LogP contribution >= 0.6 is 0 Å². The molecular weight excluding hydrogens is 321 g/mol. The highest BCUT2D eigenvalue weighted by Crippen LogP contribution is 2.19. The minimum absolute atomic E-state index is 0.130. The van der Waals surface area contributed by atoms with E-state index in [1.165, 1.54) is 12.1 Å². The molecule has 0 fully saturated rings. The van der Waals surface area contributed by atoms with E-state index in [2.05, 4.69) is 10.1 Å². The molecule has 0 spiro atoms. The van der Waals surface area contributed by atoms with Gasteiger partial charge in [0.25, 0.3) is 0 Å². The van der Waals surface area contributed by atoms with E-state index in [-0.39, 0.29) is 5.75 Å². The van der Waals surface area contributed by atoms with E-state index in [0.29, 0.717) is 6.54 Å². The van der Waals surface area contributed by atoms with Crippen LogP contribution in [0.4, 0.5) is 13.2 Å². The monoisotopic (exact) mass is 338 g/mol. The summed E-state index contributed by atoms with van der Waals surface area (Å²) in [6.45, 7) is -0.996. The lowest BCUT2D eigenvalue weighted by Gasteiger charge is -2.16. The zero-order valence-corrected chi connectivity index (χ0v) is 12.7. The second-order valence-corrected chi connectivity index (χ2v) is 5.17. The van der Waals surface area contributed by atoms with Gasteiger partial charge in [-0.25, -0.2) is 0 Å². The maximum Gasteiger partial charge on any atom is 0.422 e. The largest absolute Gasteiger partial charge is 0.484 e. The number of rotatable bonds is 7. The number of nitrogens with two attached hydrogens (primary N) is 1. The van der Waals surface area contributed by atoms with Crippen LogP contribution in [-0.2, 0) is 11.3 Å². The molecule has 128 valence electrons. The summed E-state index contributed by atoms with van der Waals surface area (Å²) >= 11 is 0. The van der Waals surface area contributed by atoms with E-state index in [9.17, 15) is 18.0 Å². The van der Waals surface area contributed by atoms with E-state index in [0.717, 1.165) is 11.1 Å². The van der Waals surface area contributed by atoms with Gasteiger partial charge in [0, 0.05) is 6.54 Å². The van der Waals surface area contributed by atoms with Gasteiger partial charge in [-0.15, -0.1) is 0 Å². The van der Waals surface area contributed by atoms with Crippen molar-refractivity contribution in [3.63, 3.8) is 0 Å². The summed E-state index contributed by atoms with van der Waals surface area (Å²) in [7, 11) is 0. The van der Waals surface area contributed by atoms with Gasteiger partial charge in [0.05, 0.1) is 0 Å². The number of nitrogens with one attached hydrogen (secondary N) is 1. The lowest BCUT2D eigenvalue weighted by molar-refractivity contribution is -0.153. The van der Waals surface area contributed by atoms with Gasteiger partial charge in [-0.1, -0.05) is 42.5 Å². The topological polar surface area (TPSA) is 64.4 Å². The zero-order chi connectivity index (χ0) is 17.6. The number of amides is 1. The Kier molecular flexibility index (Phi) is 5.81. The molecule has 1 unspecified atom stereocenters. The molecule has 0 aliphatic heterocycles. The average Bonchev–Trinajstić information content (AvgIpc) is 2.54. The molecule has 1 atom stereocenters. The Morgan fingerprint density at radius 3 is 2.25 bits per heavy atom. The Labute approximate surface area is 137 Å². The van der Waals surface area contributed by atoms with Crippen molar-refractivity contribution in [1.29, 1.82) is 0 Å². The molecule has 7 heteroatoms. The Morgan fingerprint density at radius 2 is 1.71 bits per heavy atom. The number of carbonyl (C=O) groups excluding carboxylic acids is 1. The molecule has 0 aliphatic carbocycles. The molecule has 0 heterocycles. The molecule has 2 aromatic rings. The van der Waals surface area contributed by atoms with Crippen molar-refractivity contribution in [3.05, 3.63) is 65.7 Å². The molecule has 0 saturated heterocycles. The van der Waals surface area contributed by atoms with Crippen molar-refractivity contribution in [2.24, 2.45) is 5.73 Å². The molecule has 1 amide bonds. The lowest BCUT2D eigenvalue weighted by Crippen LogP contribution is -2.33. The highest BCUT2D eigenvalue weighted by Gasteiger charge is 2.28. The first-order valence-corrected chi connectivity index (χ1v) is 7.21. The predicted octanol–water partition coefficient (Wildman–Crippen LogP) is 2.94. The fourth-order valence-corrected chi connectivity index (χ4v) is 2.12. The van der Waals surface area contributed by atoms with E-state index in [1.54, 1.807) is 36.4 Å². The Bertz CT molecular complexity index is 658. The Morgan fingerprint density at radius 1 is 1.08 bits per heavy atom. The number of primary amides is 1. The van der Waals surface area contributed by atoms with Crippen LogP contribution in [0.1, 0.15) is 17.2 Å². The van der Waals surface area contributed by atoms with E-state index >= 15 is 0 Å². The van der Waals surface area contributed by atoms with Gasteiger partial charge in [-0.05, 0) is 23.3 Å². The van der Waals surface area contributed by atoms with Gasteiger partial charge < -0.3 is 10.5 Å². The Hall–Kier alpha value is -2.54. The number of halogens is 3. The summed E-state index contributed by atoms with van der Waals surface area (Å²) in [6, 6.07) is 14.5. The van der Waals surface area contributed by atoms with Crippen LogP contribution in [0.3, 0.4) is 0 Å². The summed E-state index contributed by atoms with van der Waals surface area (Å²) in [5.74, 6) is -0.378. The molecule has 2 aromatic carbocycles. The van der Waals surface area contributed by atoms with Crippen LogP contribution < -0.4 is 15.8 Å². The fraction of sp³-hybridized carbons (Fsp3) is 0.235. The van der Waals surface area contributed by atoms with Crippen LogP contribution in [0.5, 0.6) is 5.75 Å². The van der Waals surface area contributed by atoms with Crippen LogP contribution in [0.25, 0.3) is 0 Å². The smallest absolute Gasteiger partial charge is 0.422 e. The molecule has 0 aliphatic rings. The standard InChI is InChI=1S/C17H17F3N2O2/c18-17(19,20)11-24-14-8-6-12(7-9-14)10-22-15(16(21)23)13-4-2-1-3-5-13/h1-9,15,22H,10-11H2,(H2,21,23). The number of alkyl halides is 3. The first-order chi connectivity index (χ1) is 11.3. The van der Waals surface area contributed by atoms with Crippen molar-refractivity contribution in [2.45, 2.75) is 18.8 Å². The summed E-state index contributed by atoms with van der Waals surface area (Å²) in [4.78, 5) is 11.6. The number of hydrogen-bond acceptors (Lipinski definition) is 3. The molecule has 3 N–H and O–H groups in total. The third kappa shape index (κ3) is 5.58. The van der Waals surface area contributed by atoms with Crippen molar-refractivity contribution in [1.82, 2.24) is 5.32 Å². The number of ether oxygens (including phenoxy) is 1. The van der Waals surface area contributed by atoms with E-state index in [4.69, 9.17) is 5.73 Å². The molecule has 24 heavy (non-hydrogen) atoms. The summed E-state index contributed by atoms with van der Waals surface area (Å²) in [5.41, 5.74) is 6.94. The van der Waals surface area contributed by atoms with Crippen LogP contribution in [0.2, 0.25) is 0 Å². The third-order valence-electron chi connectivity index (χ3n) is 3.25. The number of carbonyl (C=O) groups is 1. The minimum atomic E-state index is -4.37. The maximum atomic E-state index is 12.1. The van der Waals surface area contributed by atoms with Gasteiger partial charge in [0.2, 0.25) is 5.91 Å². The lowest BCUT2D eigenvalue weighted by atomic mass is 10.1. The predicted molar refractivity (Wildman–Crippen MR) is 83.2 cm³/mol. The minimum Gasteiger partial charge on any atom is -0.484 e. The zero-order valence-electron chi connectivity index (χ0n) is 12.7. The van der Waals surface area contributed by atoms with Gasteiger partial charge in [0.1, 0.15) is 11.8 Å². The quantitative estimate of drug-likeness (QED) is 0.816. The van der Waals surface area contributed by atoms with Crippen LogP contribution in [0, 0.1) is 0 Å².